The molecular formula is C29H26N4O3S2. The van der Waals surface area contributed by atoms with Crippen LogP contribution in [0.5, 0.6) is 5.75 Å². The van der Waals surface area contributed by atoms with Gasteiger partial charge in [0.15, 0.2) is 0 Å². The first-order valence-corrected chi connectivity index (χ1v) is 13.3. The Morgan fingerprint density at radius 1 is 1.03 bits per heavy atom. The number of anilines is 1. The average Bonchev–Trinajstić information content (AvgIpc) is 3.19. The second-order valence-corrected chi connectivity index (χ2v) is 10.6. The third-order valence-corrected chi connectivity index (χ3v) is 7.58. The van der Waals surface area contributed by atoms with E-state index in [1.54, 1.807) is 24.3 Å². The number of pyridine rings is 1. The van der Waals surface area contributed by atoms with Crippen LogP contribution in [0.3, 0.4) is 0 Å². The second kappa shape index (κ2) is 11.2. The zero-order valence-electron chi connectivity index (χ0n) is 21.0. The minimum absolute atomic E-state index is 0.236. The van der Waals surface area contributed by atoms with Gasteiger partial charge in [0.05, 0.1) is 24.1 Å². The highest BCUT2D eigenvalue weighted by Gasteiger charge is 2.32. The van der Waals surface area contributed by atoms with Crippen LogP contribution in [-0.2, 0) is 17.8 Å². The number of ether oxygens (including phenoxy) is 1. The third-order valence-electron chi connectivity index (χ3n) is 6.20. The molecule has 1 aliphatic heterocycles. The van der Waals surface area contributed by atoms with Gasteiger partial charge in [-0.15, -0.1) is 0 Å². The molecule has 38 heavy (non-hydrogen) atoms. The van der Waals surface area contributed by atoms with Crippen molar-refractivity contribution in [3.05, 3.63) is 110 Å². The molecule has 0 radical (unpaired) electrons. The number of aromatic nitrogens is 2. The lowest BCUT2D eigenvalue weighted by Crippen LogP contribution is -2.27. The first kappa shape index (κ1) is 25.7. The molecular weight excluding hydrogens is 516 g/mol. The summed E-state index contributed by atoms with van der Waals surface area (Å²) in [6.45, 7) is 2.84. The minimum atomic E-state index is -0.249. The van der Waals surface area contributed by atoms with E-state index in [0.29, 0.717) is 39.3 Å². The summed E-state index contributed by atoms with van der Waals surface area (Å²) >= 11 is 6.72. The van der Waals surface area contributed by atoms with E-state index in [1.165, 1.54) is 21.7 Å². The molecule has 0 unspecified atom stereocenters. The number of hydrogen-bond acceptors (Lipinski definition) is 7. The highest BCUT2D eigenvalue weighted by molar-refractivity contribution is 8.26. The highest BCUT2D eigenvalue weighted by Crippen LogP contribution is 2.34. The third kappa shape index (κ3) is 5.49. The molecule has 5 rings (SSSR count). The number of hydrogen-bond donors (Lipinski definition) is 1. The first-order chi connectivity index (χ1) is 18.4. The second-order valence-electron chi connectivity index (χ2n) is 8.89. The maximum Gasteiger partial charge on any atom is 0.267 e. The number of carbonyl (C=O) groups excluding carboxylic acids is 1. The lowest BCUT2D eigenvalue weighted by atomic mass is 10.1. The molecule has 192 valence electrons. The number of thioether (sulfide) groups is 1. The fourth-order valence-electron chi connectivity index (χ4n) is 4.17. The molecule has 0 atom stereocenters. The summed E-state index contributed by atoms with van der Waals surface area (Å²) in [7, 11) is 1.61. The molecule has 9 heteroatoms. The average molecular weight is 543 g/mol. The summed E-state index contributed by atoms with van der Waals surface area (Å²) in [4.78, 5) is 33.6. The maximum absolute atomic E-state index is 13.6. The number of thiocarbonyl (C=S) groups is 1. The van der Waals surface area contributed by atoms with Gasteiger partial charge < -0.3 is 10.1 Å². The Labute approximate surface area is 230 Å². The Bertz CT molecular complexity index is 1600. The number of nitrogens with zero attached hydrogens (tertiary/aromatic N) is 3. The van der Waals surface area contributed by atoms with Gasteiger partial charge in [-0.25, -0.2) is 4.98 Å². The van der Waals surface area contributed by atoms with Crippen LogP contribution in [-0.4, -0.2) is 38.2 Å². The first-order valence-electron chi connectivity index (χ1n) is 12.1. The van der Waals surface area contributed by atoms with Gasteiger partial charge in [0.2, 0.25) is 0 Å². The Hall–Kier alpha value is -3.95. The number of carbonyl (C=O) groups is 1. The molecule has 2 aromatic carbocycles. The van der Waals surface area contributed by atoms with Crippen molar-refractivity contribution >= 4 is 51.7 Å². The summed E-state index contributed by atoms with van der Waals surface area (Å²) in [6.07, 6.45) is 4.13. The van der Waals surface area contributed by atoms with Crippen LogP contribution in [0.15, 0.2) is 82.6 Å². The van der Waals surface area contributed by atoms with Gasteiger partial charge in [-0.1, -0.05) is 72.5 Å². The Morgan fingerprint density at radius 3 is 2.53 bits per heavy atom. The molecule has 0 aliphatic carbocycles. The molecule has 1 N–H and O–H groups in total. The fraction of sp³-hybridized carbons (Fsp3) is 0.172. The molecule has 0 saturated carbocycles. The van der Waals surface area contributed by atoms with Gasteiger partial charge in [0.1, 0.15) is 21.5 Å². The number of rotatable bonds is 8. The number of amides is 1. The van der Waals surface area contributed by atoms with E-state index in [4.69, 9.17) is 21.9 Å². The van der Waals surface area contributed by atoms with Crippen LogP contribution < -0.4 is 15.6 Å². The van der Waals surface area contributed by atoms with Gasteiger partial charge in [0.25, 0.3) is 11.5 Å². The van der Waals surface area contributed by atoms with E-state index in [0.717, 1.165) is 23.3 Å². The molecule has 2 aromatic heterocycles. The smallest absolute Gasteiger partial charge is 0.267 e. The molecule has 0 spiro atoms. The van der Waals surface area contributed by atoms with Gasteiger partial charge in [0, 0.05) is 12.7 Å². The van der Waals surface area contributed by atoms with Crippen molar-refractivity contribution in [1.29, 1.82) is 0 Å². The molecule has 3 heterocycles. The van der Waals surface area contributed by atoms with E-state index in [-0.39, 0.29) is 11.5 Å². The molecule has 4 aromatic rings. The van der Waals surface area contributed by atoms with Crippen molar-refractivity contribution in [1.82, 2.24) is 14.3 Å². The predicted molar refractivity (Wildman–Crippen MR) is 157 cm³/mol. The van der Waals surface area contributed by atoms with Crippen molar-refractivity contribution in [3.63, 3.8) is 0 Å². The summed E-state index contributed by atoms with van der Waals surface area (Å²) in [5.74, 6) is 0.945. The van der Waals surface area contributed by atoms with Crippen molar-refractivity contribution in [3.8, 4) is 5.75 Å². The van der Waals surface area contributed by atoms with Gasteiger partial charge >= 0.3 is 0 Å². The van der Waals surface area contributed by atoms with Gasteiger partial charge in [-0.2, -0.15) is 0 Å². The lowest BCUT2D eigenvalue weighted by Gasteiger charge is -2.15. The van der Waals surface area contributed by atoms with Gasteiger partial charge in [-0.3, -0.25) is 18.9 Å². The van der Waals surface area contributed by atoms with Crippen LogP contribution in [0.4, 0.5) is 5.82 Å². The standard InChI is InChI=1S/C29H26N4O3S2/c1-19-8-13-25-31-26(30-15-14-20-6-4-3-5-7-20)23(27(34)32(25)17-19)16-24-28(35)33(29(37)38-24)18-21-9-11-22(36-2)12-10-21/h3-13,16-17,30H,14-15,18H2,1-2H3/b24-16+. The largest absolute Gasteiger partial charge is 0.497 e. The number of aryl methyl sites for hydroxylation is 1. The Morgan fingerprint density at radius 2 is 1.79 bits per heavy atom. The minimum Gasteiger partial charge on any atom is -0.497 e. The number of benzene rings is 2. The number of fused-ring (bicyclic) bond motifs is 1. The van der Waals surface area contributed by atoms with Crippen LogP contribution in [0.2, 0.25) is 0 Å². The molecule has 1 saturated heterocycles. The van der Waals surface area contributed by atoms with E-state index in [1.807, 2.05) is 61.5 Å². The van der Waals surface area contributed by atoms with Crippen molar-refractivity contribution in [2.45, 2.75) is 19.9 Å². The SMILES string of the molecule is COc1ccc(CN2C(=O)/C(=C\c3c(NCCc4ccccc4)nc4ccc(C)cn4c3=O)SC2=S)cc1. The summed E-state index contributed by atoms with van der Waals surface area (Å²) in [5, 5.41) is 3.32. The van der Waals surface area contributed by atoms with Crippen molar-refractivity contribution in [2.75, 3.05) is 19.0 Å². The molecule has 1 aliphatic rings. The topological polar surface area (TPSA) is 75.9 Å². The van der Waals surface area contributed by atoms with E-state index in [9.17, 15) is 9.59 Å². The van der Waals surface area contributed by atoms with Crippen LogP contribution in [0.25, 0.3) is 11.7 Å². The molecule has 1 fully saturated rings. The van der Waals surface area contributed by atoms with Gasteiger partial charge in [-0.05, 0) is 54.3 Å². The molecule has 7 nitrogen and oxygen atoms in total. The van der Waals surface area contributed by atoms with Crippen molar-refractivity contribution < 1.29 is 9.53 Å². The predicted octanol–water partition coefficient (Wildman–Crippen LogP) is 5.07. The zero-order chi connectivity index (χ0) is 26.6. The van der Waals surface area contributed by atoms with Crippen LogP contribution >= 0.6 is 24.0 Å². The Balaban J connectivity index is 1.46. The molecule has 1 amide bonds. The fourth-order valence-corrected chi connectivity index (χ4v) is 5.41. The zero-order valence-corrected chi connectivity index (χ0v) is 22.6. The van der Waals surface area contributed by atoms with Crippen molar-refractivity contribution in [2.24, 2.45) is 0 Å². The Kier molecular flexibility index (Phi) is 7.57. The monoisotopic (exact) mass is 542 g/mol. The molecule has 0 bridgehead atoms. The number of nitrogens with one attached hydrogen (secondary N) is 1. The van der Waals surface area contributed by atoms with E-state index in [2.05, 4.69) is 17.4 Å². The number of methoxy groups -OCH3 is 1. The summed E-state index contributed by atoms with van der Waals surface area (Å²) < 4.78 is 7.18. The van der Waals surface area contributed by atoms with Crippen LogP contribution in [0, 0.1) is 6.92 Å². The van der Waals surface area contributed by atoms with E-state index < -0.39 is 0 Å². The summed E-state index contributed by atoms with van der Waals surface area (Å²) in [6, 6.07) is 21.3. The van der Waals surface area contributed by atoms with Crippen LogP contribution in [0.1, 0.15) is 22.3 Å². The quantitative estimate of drug-likeness (QED) is 0.246. The van der Waals surface area contributed by atoms with E-state index >= 15 is 0 Å². The summed E-state index contributed by atoms with van der Waals surface area (Å²) in [5.41, 5.74) is 3.64. The maximum atomic E-state index is 13.6. The normalized spacial score (nSPS) is 14.5. The highest BCUT2D eigenvalue weighted by atomic mass is 32.2. The lowest BCUT2D eigenvalue weighted by molar-refractivity contribution is -0.122.